The zero-order valence-electron chi connectivity index (χ0n) is 20.2. The smallest absolute Gasteiger partial charge is 0.505 e. The van der Waals surface area contributed by atoms with E-state index in [9.17, 15) is 0 Å². The molecule has 0 aliphatic carbocycles. The first-order chi connectivity index (χ1) is 17.5. The van der Waals surface area contributed by atoms with E-state index in [1.807, 2.05) is 84.1 Å². The summed E-state index contributed by atoms with van der Waals surface area (Å²) >= 11 is 0. The number of aromatic nitrogens is 3. The van der Waals surface area contributed by atoms with Crippen molar-refractivity contribution in [3.63, 3.8) is 0 Å². The molecule has 0 saturated carbocycles. The van der Waals surface area contributed by atoms with Gasteiger partial charge in [0.15, 0.2) is 5.82 Å². The van der Waals surface area contributed by atoms with Crippen molar-refractivity contribution in [2.24, 2.45) is 0 Å². The Morgan fingerprint density at radius 3 is 2.61 bits per heavy atom. The maximum Gasteiger partial charge on any atom is 0.744 e. The van der Waals surface area contributed by atoms with Crippen molar-refractivity contribution in [3.8, 4) is 28.7 Å². The van der Waals surface area contributed by atoms with Gasteiger partial charge in [0.25, 0.3) is 0 Å². The van der Waals surface area contributed by atoms with Crippen LogP contribution in [0, 0.1) is 0 Å². The zero-order chi connectivity index (χ0) is 24.4. The second kappa shape index (κ2) is 7.52. The first kappa shape index (κ1) is 20.9. The van der Waals surface area contributed by atoms with Crippen LogP contribution < -0.4 is 18.9 Å². The molecule has 4 heterocycles. The Labute approximate surface area is 209 Å². The summed E-state index contributed by atoms with van der Waals surface area (Å²) in [5.74, 6) is 3.70. The summed E-state index contributed by atoms with van der Waals surface area (Å²) in [6.07, 6.45) is 3.66. The van der Waals surface area contributed by atoms with Crippen molar-refractivity contribution in [1.82, 2.24) is 14.5 Å². The quantitative estimate of drug-likeness (QED) is 0.281. The molecule has 0 bridgehead atoms. The van der Waals surface area contributed by atoms with Crippen molar-refractivity contribution < 1.29 is 14.0 Å². The van der Waals surface area contributed by atoms with E-state index in [1.54, 1.807) is 0 Å². The molecule has 5 aromatic rings. The Balaban J connectivity index is 1.22. The van der Waals surface area contributed by atoms with E-state index in [0.29, 0.717) is 5.75 Å². The summed E-state index contributed by atoms with van der Waals surface area (Å²) in [5.41, 5.74) is 4.87. The molecule has 7 rings (SSSR count). The SMILES string of the molecule is CC(C)(C)c1ccnc2c1OB1Oc3ccc(Oc4cccc(-n5cnc6ccccc65)c4)cc3N12. The van der Waals surface area contributed by atoms with Gasteiger partial charge in [0, 0.05) is 23.9 Å². The number of imidazole rings is 1. The second-order valence-electron chi connectivity index (χ2n) is 10.0. The fourth-order valence-electron chi connectivity index (χ4n) is 4.83. The number of nitrogens with zero attached hydrogens (tertiary/aromatic N) is 4. The maximum absolute atomic E-state index is 6.29. The molecule has 0 atom stereocenters. The van der Waals surface area contributed by atoms with Gasteiger partial charge in [-0.05, 0) is 47.9 Å². The molecule has 0 fully saturated rings. The molecule has 3 aromatic carbocycles. The minimum atomic E-state index is -0.570. The Morgan fingerprint density at radius 1 is 0.861 bits per heavy atom. The van der Waals surface area contributed by atoms with Crippen LogP contribution in [0.15, 0.2) is 85.3 Å². The predicted molar refractivity (Wildman–Crippen MR) is 140 cm³/mol. The van der Waals surface area contributed by atoms with E-state index >= 15 is 0 Å². The van der Waals surface area contributed by atoms with Crippen LogP contribution in [0.5, 0.6) is 23.0 Å². The van der Waals surface area contributed by atoms with Gasteiger partial charge in [-0.3, -0.25) is 9.38 Å². The first-order valence-corrected chi connectivity index (χ1v) is 11.9. The largest absolute Gasteiger partial charge is 0.744 e. The van der Waals surface area contributed by atoms with Crippen molar-refractivity contribution in [2.75, 3.05) is 4.81 Å². The Bertz CT molecular complexity index is 1640. The van der Waals surface area contributed by atoms with Gasteiger partial charge in [-0.2, -0.15) is 0 Å². The van der Waals surface area contributed by atoms with E-state index in [2.05, 4.69) is 41.4 Å². The van der Waals surface area contributed by atoms with Gasteiger partial charge in [-0.25, -0.2) is 9.97 Å². The summed E-state index contributed by atoms with van der Waals surface area (Å²) in [4.78, 5) is 11.1. The Hall–Kier alpha value is -4.46. The third kappa shape index (κ3) is 3.21. The van der Waals surface area contributed by atoms with E-state index in [1.165, 1.54) is 0 Å². The highest BCUT2D eigenvalue weighted by molar-refractivity contribution is 6.57. The fraction of sp³-hybridized carbons (Fsp3) is 0.143. The fourth-order valence-corrected chi connectivity index (χ4v) is 4.83. The maximum atomic E-state index is 6.29. The molecule has 0 radical (unpaired) electrons. The van der Waals surface area contributed by atoms with Crippen LogP contribution in [0.2, 0.25) is 0 Å². The summed E-state index contributed by atoms with van der Waals surface area (Å²) in [7, 11) is -0.570. The molecular weight excluding hydrogens is 451 g/mol. The molecular formula is C28H23BN4O3. The van der Waals surface area contributed by atoms with Crippen molar-refractivity contribution >= 4 is 29.8 Å². The zero-order valence-corrected chi connectivity index (χ0v) is 20.2. The van der Waals surface area contributed by atoms with Gasteiger partial charge in [-0.1, -0.05) is 39.0 Å². The molecule has 7 nitrogen and oxygen atoms in total. The number of anilines is 2. The molecule has 8 heteroatoms. The van der Waals surface area contributed by atoms with Gasteiger partial charge in [-0.15, -0.1) is 0 Å². The summed E-state index contributed by atoms with van der Waals surface area (Å²) in [6, 6.07) is 23.8. The van der Waals surface area contributed by atoms with Gasteiger partial charge >= 0.3 is 7.25 Å². The van der Waals surface area contributed by atoms with Crippen LogP contribution in [-0.4, -0.2) is 21.8 Å². The van der Waals surface area contributed by atoms with E-state index in [0.717, 1.165) is 51.0 Å². The average Bonchev–Trinajstić information content (AvgIpc) is 3.55. The number of fused-ring (bicyclic) bond motifs is 6. The monoisotopic (exact) mass is 474 g/mol. The lowest BCUT2D eigenvalue weighted by Gasteiger charge is -2.21. The number of ether oxygens (including phenoxy) is 1. The highest BCUT2D eigenvalue weighted by Gasteiger charge is 2.51. The van der Waals surface area contributed by atoms with Gasteiger partial charge in [0.05, 0.1) is 22.4 Å². The molecule has 0 spiro atoms. The molecule has 0 amide bonds. The van der Waals surface area contributed by atoms with Crippen LogP contribution in [0.3, 0.4) is 0 Å². The highest BCUT2D eigenvalue weighted by Crippen LogP contribution is 2.51. The molecule has 176 valence electrons. The highest BCUT2D eigenvalue weighted by atomic mass is 16.6. The lowest BCUT2D eigenvalue weighted by Crippen LogP contribution is -2.36. The lowest BCUT2D eigenvalue weighted by molar-refractivity contribution is 0.439. The normalized spacial score (nSPS) is 13.8. The van der Waals surface area contributed by atoms with Crippen LogP contribution in [-0.2, 0) is 5.41 Å². The molecule has 2 aliphatic rings. The van der Waals surface area contributed by atoms with Gasteiger partial charge < -0.3 is 14.0 Å². The molecule has 0 N–H and O–H groups in total. The minimum absolute atomic E-state index is 0.0772. The molecule has 0 saturated heterocycles. The number of hydrogen-bond donors (Lipinski definition) is 0. The summed E-state index contributed by atoms with van der Waals surface area (Å²) in [6.45, 7) is 6.49. The number of hydrogen-bond acceptors (Lipinski definition) is 6. The van der Waals surface area contributed by atoms with Crippen molar-refractivity contribution in [3.05, 3.63) is 90.9 Å². The lowest BCUT2D eigenvalue weighted by atomic mass is 9.87. The Morgan fingerprint density at radius 2 is 1.72 bits per heavy atom. The van der Waals surface area contributed by atoms with Crippen LogP contribution in [0.1, 0.15) is 26.3 Å². The number of rotatable bonds is 3. The van der Waals surface area contributed by atoms with Crippen molar-refractivity contribution in [2.45, 2.75) is 26.2 Å². The van der Waals surface area contributed by atoms with E-state index < -0.39 is 7.25 Å². The van der Waals surface area contributed by atoms with Crippen LogP contribution in [0.4, 0.5) is 11.5 Å². The third-order valence-electron chi connectivity index (χ3n) is 6.55. The Kier molecular flexibility index (Phi) is 4.36. The van der Waals surface area contributed by atoms with Crippen LogP contribution in [0.25, 0.3) is 16.7 Å². The van der Waals surface area contributed by atoms with Crippen LogP contribution >= 0.6 is 0 Å². The number of pyridine rings is 1. The topological polar surface area (TPSA) is 61.6 Å². The third-order valence-corrected chi connectivity index (χ3v) is 6.55. The number of para-hydroxylation sites is 2. The predicted octanol–water partition coefficient (Wildman–Crippen LogP) is 6.42. The van der Waals surface area contributed by atoms with Gasteiger partial charge in [0.2, 0.25) is 0 Å². The van der Waals surface area contributed by atoms with Gasteiger partial charge in [0.1, 0.15) is 29.3 Å². The second-order valence-corrected chi connectivity index (χ2v) is 10.0. The van der Waals surface area contributed by atoms with Crippen molar-refractivity contribution in [1.29, 1.82) is 0 Å². The number of benzene rings is 3. The summed E-state index contributed by atoms with van der Waals surface area (Å²) < 4.78 is 20.7. The molecule has 36 heavy (non-hydrogen) atoms. The minimum Gasteiger partial charge on any atom is -0.505 e. The first-order valence-electron chi connectivity index (χ1n) is 11.9. The standard InChI is InChI=1S/C28H23BN4O3/c1-28(2,3)21-13-14-30-27-26(21)36-29-33(27)24-16-20(11-12-25(24)35-29)34-19-8-6-7-18(15-19)32-17-31-22-9-4-5-10-23(22)32/h4-17H,1-3H3. The molecule has 2 aliphatic heterocycles. The summed E-state index contributed by atoms with van der Waals surface area (Å²) in [5, 5.41) is 0. The van der Waals surface area contributed by atoms with E-state index in [-0.39, 0.29) is 5.41 Å². The molecule has 0 unspecified atom stereocenters. The average molecular weight is 474 g/mol. The molecule has 2 aromatic heterocycles. The van der Waals surface area contributed by atoms with E-state index in [4.69, 9.17) is 14.0 Å².